The van der Waals surface area contributed by atoms with Gasteiger partial charge in [0.2, 0.25) is 33.7 Å². The molecule has 0 aliphatic carbocycles. The first kappa shape index (κ1) is 33.3. The van der Waals surface area contributed by atoms with E-state index in [0.29, 0.717) is 0 Å². The van der Waals surface area contributed by atoms with E-state index in [9.17, 15) is 36.4 Å². The lowest BCUT2D eigenvalue weighted by molar-refractivity contribution is -0.209. The molecule has 0 radical (unpaired) electrons. The maximum atomic E-state index is 15.0. The molecule has 234 valence electrons. The number of hydrogen-bond donors (Lipinski definition) is 4. The Kier molecular flexibility index (Phi) is 10.7. The van der Waals surface area contributed by atoms with Crippen molar-refractivity contribution in [3.8, 4) is 0 Å². The van der Waals surface area contributed by atoms with E-state index in [1.165, 1.54) is 0 Å². The quantitative estimate of drug-likeness (QED) is 0.245. The number of benzene rings is 1. The molecule has 2 atom stereocenters. The van der Waals surface area contributed by atoms with Crippen LogP contribution in [0.3, 0.4) is 0 Å². The zero-order chi connectivity index (χ0) is 31.3. The normalized spacial score (nSPS) is 19.5. The smallest absolute Gasteiger partial charge is 0.273 e. The predicted molar refractivity (Wildman–Crippen MR) is 151 cm³/mol. The molecule has 0 bridgehead atoms. The molecule has 2 heterocycles. The first-order valence-electron chi connectivity index (χ1n) is 13.8. The Morgan fingerprint density at radius 3 is 2.19 bits per heavy atom. The summed E-state index contributed by atoms with van der Waals surface area (Å²) in [7, 11) is -3.57. The van der Waals surface area contributed by atoms with Gasteiger partial charge in [-0.15, -0.1) is 0 Å². The van der Waals surface area contributed by atoms with Gasteiger partial charge in [-0.2, -0.15) is 0 Å². The van der Waals surface area contributed by atoms with Gasteiger partial charge in [-0.05, 0) is 30.7 Å². The Morgan fingerprint density at radius 2 is 1.62 bits per heavy atom. The van der Waals surface area contributed by atoms with Crippen molar-refractivity contribution < 1.29 is 36.4 Å². The molecule has 2 saturated heterocycles. The molecule has 2 fully saturated rings. The molecule has 1 aromatic rings. The van der Waals surface area contributed by atoms with E-state index in [1.54, 1.807) is 0 Å². The van der Waals surface area contributed by atoms with Crippen molar-refractivity contribution in [1.29, 1.82) is 0 Å². The van der Waals surface area contributed by atoms with Crippen LogP contribution in [0.5, 0.6) is 0 Å². The Labute approximate surface area is 244 Å². The lowest BCUT2D eigenvalue weighted by Crippen LogP contribution is -2.71. The number of carbonyl (C=O) groups is 4. The molecular weight excluding hydrogens is 574 g/mol. The van der Waals surface area contributed by atoms with Crippen LogP contribution in [-0.4, -0.2) is 105 Å². The summed E-state index contributed by atoms with van der Waals surface area (Å²) in [6.07, 6.45) is 1.41. The van der Waals surface area contributed by atoms with E-state index in [1.807, 2.05) is 44.2 Å². The van der Waals surface area contributed by atoms with Crippen molar-refractivity contribution in [2.45, 2.75) is 51.1 Å². The SMILES string of the molecule is CC(C)C[C@@H](NC(=O)CNC(=O)[C@H](N)Cc1ccccc1)C(=O)NCC(=O)N1CCC2(CN(S(C)(=O)=O)C2)C(F)(F)C1. The molecule has 2 aliphatic heterocycles. The molecular formula is C27H40F2N6O6S. The first-order valence-corrected chi connectivity index (χ1v) is 15.6. The maximum absolute atomic E-state index is 15.0. The van der Waals surface area contributed by atoms with E-state index >= 15 is 0 Å². The molecule has 42 heavy (non-hydrogen) atoms. The van der Waals surface area contributed by atoms with Gasteiger partial charge in [0.25, 0.3) is 5.92 Å². The molecule has 12 nitrogen and oxygen atoms in total. The summed E-state index contributed by atoms with van der Waals surface area (Å²) >= 11 is 0. The van der Waals surface area contributed by atoms with Gasteiger partial charge >= 0.3 is 0 Å². The summed E-state index contributed by atoms with van der Waals surface area (Å²) in [5.41, 5.74) is 5.28. The average Bonchev–Trinajstić information content (AvgIpc) is 2.87. The van der Waals surface area contributed by atoms with Crippen LogP contribution in [0.4, 0.5) is 8.78 Å². The molecule has 1 aromatic carbocycles. The highest BCUT2D eigenvalue weighted by atomic mass is 32.2. The summed E-state index contributed by atoms with van der Waals surface area (Å²) in [6.45, 7) is 1.23. The number of rotatable bonds is 12. The van der Waals surface area contributed by atoms with Gasteiger partial charge in [0.15, 0.2) is 0 Å². The number of hydrogen-bond acceptors (Lipinski definition) is 7. The number of sulfonamides is 1. The second kappa shape index (κ2) is 13.4. The van der Waals surface area contributed by atoms with Gasteiger partial charge in [0, 0.05) is 19.6 Å². The van der Waals surface area contributed by atoms with Gasteiger partial charge in [-0.3, -0.25) is 19.2 Å². The molecule has 0 aromatic heterocycles. The highest BCUT2D eigenvalue weighted by Crippen LogP contribution is 2.50. The highest BCUT2D eigenvalue weighted by Gasteiger charge is 2.64. The summed E-state index contributed by atoms with van der Waals surface area (Å²) < 4.78 is 54.3. The number of nitrogens with one attached hydrogen (secondary N) is 3. The minimum atomic E-state index is -3.57. The van der Waals surface area contributed by atoms with E-state index < -0.39 is 76.7 Å². The Bertz CT molecular complexity index is 1260. The lowest BCUT2D eigenvalue weighted by Gasteiger charge is -2.56. The standard InChI is InChI=1S/C27H40F2N6O6S/c1-18(2)11-21(33-22(36)13-31-24(38)20(30)12-19-7-5-4-6-8-19)25(39)32-14-23(37)34-10-9-26(27(28,29)17-34)15-35(16-26)42(3,40)41/h4-8,18,20-21H,9-17,30H2,1-3H3,(H,31,38)(H,32,39)(H,33,36)/t20-,21-/m1/s1. The topological polar surface area (TPSA) is 171 Å². The van der Waals surface area contributed by atoms with E-state index in [-0.39, 0.29) is 44.8 Å². The Balaban J connectivity index is 1.47. The van der Waals surface area contributed by atoms with Crippen molar-refractivity contribution in [2.24, 2.45) is 17.1 Å². The number of amides is 4. The summed E-state index contributed by atoms with van der Waals surface area (Å²) in [6, 6.07) is 7.24. The average molecular weight is 615 g/mol. The summed E-state index contributed by atoms with van der Waals surface area (Å²) in [5.74, 6) is -5.86. The van der Waals surface area contributed by atoms with E-state index in [4.69, 9.17) is 5.73 Å². The first-order chi connectivity index (χ1) is 19.5. The molecule has 0 unspecified atom stereocenters. The van der Waals surface area contributed by atoms with Crippen LogP contribution in [0.25, 0.3) is 0 Å². The number of halogens is 2. The third-order valence-corrected chi connectivity index (χ3v) is 8.83. The van der Waals surface area contributed by atoms with Gasteiger partial charge in [-0.25, -0.2) is 21.5 Å². The van der Waals surface area contributed by atoms with E-state index in [0.717, 1.165) is 21.0 Å². The Morgan fingerprint density at radius 1 is 1.00 bits per heavy atom. The zero-order valence-electron chi connectivity index (χ0n) is 24.1. The van der Waals surface area contributed by atoms with Crippen molar-refractivity contribution in [2.75, 3.05) is 45.5 Å². The number of piperidine rings is 1. The summed E-state index contributed by atoms with van der Waals surface area (Å²) in [5, 5.41) is 7.42. The van der Waals surface area contributed by atoms with Crippen molar-refractivity contribution >= 4 is 33.7 Å². The fourth-order valence-corrected chi connectivity index (χ4v) is 6.05. The third kappa shape index (κ3) is 8.44. The van der Waals surface area contributed by atoms with Crippen LogP contribution in [0.15, 0.2) is 30.3 Å². The van der Waals surface area contributed by atoms with Crippen LogP contribution in [0, 0.1) is 11.3 Å². The molecule has 3 rings (SSSR count). The lowest BCUT2D eigenvalue weighted by atomic mass is 9.70. The van der Waals surface area contributed by atoms with Gasteiger partial charge < -0.3 is 26.6 Å². The third-order valence-electron chi connectivity index (χ3n) is 7.64. The predicted octanol–water partition coefficient (Wildman–Crippen LogP) is -0.551. The van der Waals surface area contributed by atoms with E-state index in [2.05, 4.69) is 16.0 Å². The van der Waals surface area contributed by atoms with Crippen LogP contribution >= 0.6 is 0 Å². The zero-order valence-corrected chi connectivity index (χ0v) is 24.9. The van der Waals surface area contributed by atoms with Crippen LogP contribution in [0.1, 0.15) is 32.3 Å². The van der Waals surface area contributed by atoms with Gasteiger partial charge in [0.1, 0.15) is 6.04 Å². The molecule has 5 N–H and O–H groups in total. The van der Waals surface area contributed by atoms with Crippen molar-refractivity contribution in [3.05, 3.63) is 35.9 Å². The van der Waals surface area contributed by atoms with Gasteiger partial charge in [-0.1, -0.05) is 44.2 Å². The number of likely N-dealkylation sites (tertiary alicyclic amines) is 1. The number of nitrogens with two attached hydrogens (primary N) is 1. The number of carbonyl (C=O) groups excluding carboxylic acids is 4. The fourth-order valence-electron chi connectivity index (χ4n) is 5.09. The second-order valence-corrected chi connectivity index (χ2v) is 13.5. The van der Waals surface area contributed by atoms with Crippen LogP contribution in [-0.2, 0) is 35.6 Å². The molecule has 1 spiro atoms. The number of nitrogens with zero attached hydrogens (tertiary/aromatic N) is 2. The van der Waals surface area contributed by atoms with Crippen LogP contribution < -0.4 is 21.7 Å². The summed E-state index contributed by atoms with van der Waals surface area (Å²) in [4.78, 5) is 51.3. The number of alkyl halides is 2. The van der Waals surface area contributed by atoms with Crippen LogP contribution in [0.2, 0.25) is 0 Å². The molecule has 0 saturated carbocycles. The molecule has 2 aliphatic rings. The minimum Gasteiger partial charge on any atom is -0.346 e. The van der Waals surface area contributed by atoms with Crippen molar-refractivity contribution in [1.82, 2.24) is 25.2 Å². The minimum absolute atomic E-state index is 0.000160. The highest BCUT2D eigenvalue weighted by molar-refractivity contribution is 7.88. The van der Waals surface area contributed by atoms with Crippen molar-refractivity contribution in [3.63, 3.8) is 0 Å². The largest absolute Gasteiger partial charge is 0.346 e. The van der Waals surface area contributed by atoms with Gasteiger partial charge in [0.05, 0.1) is 37.3 Å². The second-order valence-electron chi connectivity index (χ2n) is 11.6. The monoisotopic (exact) mass is 614 g/mol. The maximum Gasteiger partial charge on any atom is 0.273 e. The molecule has 4 amide bonds. The fraction of sp³-hybridized carbons (Fsp3) is 0.630. The molecule has 15 heteroatoms. The Hall–Kier alpha value is -3.17.